The quantitative estimate of drug-likeness (QED) is 0.777. The molecule has 3 heterocycles. The third-order valence-corrected chi connectivity index (χ3v) is 6.68. The van der Waals surface area contributed by atoms with E-state index in [9.17, 15) is 9.59 Å². The van der Waals surface area contributed by atoms with Crippen LogP contribution in [0.2, 0.25) is 0 Å². The van der Waals surface area contributed by atoms with Crippen LogP contribution in [0.5, 0.6) is 0 Å². The largest absolute Gasteiger partial charge is 0.420 e. The summed E-state index contributed by atoms with van der Waals surface area (Å²) < 4.78 is 5.88. The van der Waals surface area contributed by atoms with Gasteiger partial charge in [0.15, 0.2) is 0 Å². The molecule has 7 nitrogen and oxygen atoms in total. The van der Waals surface area contributed by atoms with Crippen LogP contribution >= 0.6 is 11.3 Å². The normalized spacial score (nSPS) is 23.0. The molecule has 0 bridgehead atoms. The number of aromatic nitrogens is 2. The molecule has 0 atom stereocenters. The van der Waals surface area contributed by atoms with Crippen LogP contribution in [0.25, 0.3) is 11.5 Å². The van der Waals surface area contributed by atoms with Crippen LogP contribution in [0.3, 0.4) is 0 Å². The van der Waals surface area contributed by atoms with E-state index in [4.69, 9.17) is 4.42 Å². The molecule has 1 saturated carbocycles. The number of likely N-dealkylation sites (tertiary alicyclic amines) is 1. The zero-order valence-electron chi connectivity index (χ0n) is 16.6. The number of hydrogen-bond donors (Lipinski definition) is 1. The Morgan fingerprint density at radius 3 is 2.86 bits per heavy atom. The van der Waals surface area contributed by atoms with Crippen molar-refractivity contribution in [1.82, 2.24) is 20.4 Å². The van der Waals surface area contributed by atoms with Crippen molar-refractivity contribution >= 4 is 23.2 Å². The van der Waals surface area contributed by atoms with E-state index in [1.54, 1.807) is 16.2 Å². The van der Waals surface area contributed by atoms with Crippen molar-refractivity contribution in [2.75, 3.05) is 19.6 Å². The number of nitrogens with one attached hydrogen (secondary N) is 1. The molecule has 2 aliphatic rings. The lowest BCUT2D eigenvalue weighted by atomic mass is 9.82. The molecule has 1 aliphatic carbocycles. The molecule has 0 spiro atoms. The fourth-order valence-electron chi connectivity index (χ4n) is 4.21. The van der Waals surface area contributed by atoms with Gasteiger partial charge < -0.3 is 14.6 Å². The first-order valence-corrected chi connectivity index (χ1v) is 11.5. The maximum atomic E-state index is 12.3. The first kappa shape index (κ1) is 20.1. The summed E-state index contributed by atoms with van der Waals surface area (Å²) in [6.45, 7) is 1.58. The zero-order chi connectivity index (χ0) is 20.1. The van der Waals surface area contributed by atoms with Crippen molar-refractivity contribution in [3.05, 3.63) is 22.7 Å². The highest BCUT2D eigenvalue weighted by atomic mass is 32.1. The lowest BCUT2D eigenvalue weighted by molar-refractivity contribution is -0.135. The maximum Gasteiger partial charge on any atom is 0.248 e. The second-order valence-electron chi connectivity index (χ2n) is 8.11. The lowest BCUT2D eigenvalue weighted by Gasteiger charge is -2.27. The Morgan fingerprint density at radius 2 is 2.07 bits per heavy atom. The van der Waals surface area contributed by atoms with E-state index in [1.807, 2.05) is 16.8 Å². The molecule has 1 aliphatic heterocycles. The third-order valence-electron chi connectivity index (χ3n) is 6.00. The molecule has 2 aromatic heterocycles. The van der Waals surface area contributed by atoms with Crippen molar-refractivity contribution in [2.45, 2.75) is 57.3 Å². The Kier molecular flexibility index (Phi) is 6.59. The number of hydrogen-bond acceptors (Lipinski definition) is 6. The van der Waals surface area contributed by atoms with Crippen LogP contribution in [-0.4, -0.2) is 46.5 Å². The van der Waals surface area contributed by atoms with Crippen molar-refractivity contribution in [3.8, 4) is 11.5 Å². The Hall–Kier alpha value is -2.22. The number of nitrogens with zero attached hydrogens (tertiary/aromatic N) is 3. The Balaban J connectivity index is 1.20. The van der Waals surface area contributed by atoms with Gasteiger partial charge in [-0.3, -0.25) is 9.59 Å². The molecule has 2 amide bonds. The van der Waals surface area contributed by atoms with E-state index >= 15 is 0 Å². The highest BCUT2D eigenvalue weighted by molar-refractivity contribution is 7.08. The van der Waals surface area contributed by atoms with Gasteiger partial charge in [-0.2, -0.15) is 11.3 Å². The van der Waals surface area contributed by atoms with Gasteiger partial charge in [0.25, 0.3) is 0 Å². The second-order valence-corrected chi connectivity index (χ2v) is 8.89. The van der Waals surface area contributed by atoms with E-state index < -0.39 is 0 Å². The highest BCUT2D eigenvalue weighted by Gasteiger charge is 2.27. The molecule has 2 aromatic rings. The minimum absolute atomic E-state index is 0.0420. The van der Waals surface area contributed by atoms with Gasteiger partial charge in [-0.15, -0.1) is 10.2 Å². The number of thiophene rings is 1. The minimum atomic E-state index is -0.0420. The van der Waals surface area contributed by atoms with Crippen LogP contribution in [0.15, 0.2) is 21.2 Å². The molecule has 8 heteroatoms. The standard InChI is InChI=1S/C21H28N4O3S/c26-18(13-25-10-3-1-2-4-19(25)27)22-12-15-5-7-16(8-6-15)20-23-24-21(28-20)17-9-11-29-14-17/h9,11,14-16H,1-8,10,12-13H2,(H,22,26). The summed E-state index contributed by atoms with van der Waals surface area (Å²) in [6.07, 6.45) is 7.63. The summed E-state index contributed by atoms with van der Waals surface area (Å²) in [6, 6.07) is 1.99. The van der Waals surface area contributed by atoms with E-state index in [-0.39, 0.29) is 18.4 Å². The predicted molar refractivity (Wildman–Crippen MR) is 110 cm³/mol. The number of rotatable bonds is 6. The third kappa shape index (κ3) is 5.23. The average Bonchev–Trinajstić information content (AvgIpc) is 3.39. The average molecular weight is 417 g/mol. The monoisotopic (exact) mass is 416 g/mol. The minimum Gasteiger partial charge on any atom is -0.420 e. The number of carbonyl (C=O) groups excluding carboxylic acids is 2. The lowest BCUT2D eigenvalue weighted by Crippen LogP contribution is -2.42. The topological polar surface area (TPSA) is 88.3 Å². The van der Waals surface area contributed by atoms with Gasteiger partial charge in [0.05, 0.1) is 6.54 Å². The second kappa shape index (κ2) is 9.52. The van der Waals surface area contributed by atoms with Gasteiger partial charge in [0.2, 0.25) is 23.6 Å². The van der Waals surface area contributed by atoms with Gasteiger partial charge in [-0.05, 0) is 55.9 Å². The molecule has 0 radical (unpaired) electrons. The van der Waals surface area contributed by atoms with Crippen LogP contribution in [0.1, 0.15) is 63.2 Å². The fourth-order valence-corrected chi connectivity index (χ4v) is 4.84. The Labute approximate surface area is 174 Å². The number of carbonyl (C=O) groups is 2. The number of amides is 2. The summed E-state index contributed by atoms with van der Waals surface area (Å²) in [4.78, 5) is 26.0. The van der Waals surface area contributed by atoms with E-state index in [2.05, 4.69) is 15.5 Å². The Bertz CT molecular complexity index is 812. The summed E-state index contributed by atoms with van der Waals surface area (Å²) in [5.74, 6) is 2.16. The molecule has 1 N–H and O–H groups in total. The summed E-state index contributed by atoms with van der Waals surface area (Å²) >= 11 is 1.62. The van der Waals surface area contributed by atoms with Crippen molar-refractivity contribution in [2.24, 2.45) is 5.92 Å². The summed E-state index contributed by atoms with van der Waals surface area (Å²) in [5, 5.41) is 15.5. The predicted octanol–water partition coefficient (Wildman–Crippen LogP) is 3.59. The SMILES string of the molecule is O=C(CN1CCCCCC1=O)NCC1CCC(c2nnc(-c3ccsc3)o2)CC1. The fraction of sp³-hybridized carbons (Fsp3) is 0.619. The van der Waals surface area contributed by atoms with Crippen LogP contribution in [0.4, 0.5) is 0 Å². The molecule has 0 unspecified atom stereocenters. The molecule has 2 fully saturated rings. The zero-order valence-corrected chi connectivity index (χ0v) is 17.5. The summed E-state index contributed by atoms with van der Waals surface area (Å²) in [7, 11) is 0. The first-order chi connectivity index (χ1) is 14.2. The van der Waals surface area contributed by atoms with E-state index in [0.29, 0.717) is 37.2 Å². The molecule has 1 saturated heterocycles. The molecule has 0 aromatic carbocycles. The first-order valence-electron chi connectivity index (χ1n) is 10.6. The van der Waals surface area contributed by atoms with Crippen LogP contribution in [0, 0.1) is 5.92 Å². The smallest absolute Gasteiger partial charge is 0.248 e. The van der Waals surface area contributed by atoms with Crippen molar-refractivity contribution in [1.29, 1.82) is 0 Å². The maximum absolute atomic E-state index is 12.3. The van der Waals surface area contributed by atoms with Gasteiger partial charge in [0, 0.05) is 36.4 Å². The van der Waals surface area contributed by atoms with Gasteiger partial charge in [-0.1, -0.05) is 6.42 Å². The highest BCUT2D eigenvalue weighted by Crippen LogP contribution is 2.36. The van der Waals surface area contributed by atoms with E-state index in [0.717, 1.165) is 56.4 Å². The molecule has 4 rings (SSSR count). The van der Waals surface area contributed by atoms with Crippen LogP contribution < -0.4 is 5.32 Å². The Morgan fingerprint density at radius 1 is 1.21 bits per heavy atom. The molecular formula is C21H28N4O3S. The molecule has 156 valence electrons. The summed E-state index contributed by atoms with van der Waals surface area (Å²) in [5.41, 5.74) is 0.980. The molecular weight excluding hydrogens is 388 g/mol. The van der Waals surface area contributed by atoms with Gasteiger partial charge in [0.1, 0.15) is 0 Å². The van der Waals surface area contributed by atoms with Gasteiger partial charge >= 0.3 is 0 Å². The van der Waals surface area contributed by atoms with Crippen molar-refractivity contribution in [3.63, 3.8) is 0 Å². The van der Waals surface area contributed by atoms with Gasteiger partial charge in [-0.25, -0.2) is 0 Å². The molecule has 29 heavy (non-hydrogen) atoms. The van der Waals surface area contributed by atoms with Crippen molar-refractivity contribution < 1.29 is 14.0 Å². The van der Waals surface area contributed by atoms with E-state index in [1.165, 1.54) is 0 Å². The van der Waals surface area contributed by atoms with Crippen LogP contribution in [-0.2, 0) is 9.59 Å².